The van der Waals surface area contributed by atoms with E-state index in [9.17, 15) is 4.79 Å². The number of aromatic nitrogens is 1. The molecular formula is C9H11NO2S2. The lowest BCUT2D eigenvalue weighted by molar-refractivity contribution is 0.0690. The molecule has 3 nitrogen and oxygen atoms in total. The lowest BCUT2D eigenvalue weighted by Gasteiger charge is -2.01. The average Bonchev–Trinajstić information content (AvgIpc) is 2.70. The molecule has 1 aromatic rings. The number of hydrogen-bond donors (Lipinski definition) is 1. The molecule has 0 aromatic carbocycles. The van der Waals surface area contributed by atoms with Crippen molar-refractivity contribution in [2.75, 3.05) is 5.75 Å². The van der Waals surface area contributed by atoms with E-state index in [0.29, 0.717) is 5.25 Å². The summed E-state index contributed by atoms with van der Waals surface area (Å²) < 4.78 is 0. The Bertz CT molecular complexity index is 356. The van der Waals surface area contributed by atoms with Gasteiger partial charge < -0.3 is 5.11 Å². The lowest BCUT2D eigenvalue weighted by Crippen LogP contribution is -1.99. The van der Waals surface area contributed by atoms with E-state index in [-0.39, 0.29) is 5.69 Å². The molecule has 1 N–H and O–H groups in total. The van der Waals surface area contributed by atoms with E-state index in [0.717, 1.165) is 16.3 Å². The second-order valence-corrected chi connectivity index (χ2v) is 5.81. The summed E-state index contributed by atoms with van der Waals surface area (Å²) in [5, 5.41) is 10.3. The maximum absolute atomic E-state index is 10.8. The van der Waals surface area contributed by atoms with Crippen LogP contribution in [0, 0.1) is 6.92 Å². The highest BCUT2D eigenvalue weighted by molar-refractivity contribution is 7.99. The molecule has 2 heterocycles. The molecule has 1 aliphatic heterocycles. The van der Waals surface area contributed by atoms with Gasteiger partial charge in [-0.1, -0.05) is 0 Å². The first-order valence-corrected chi connectivity index (χ1v) is 6.37. The minimum atomic E-state index is -0.909. The maximum atomic E-state index is 10.8. The molecule has 2 rings (SSSR count). The van der Waals surface area contributed by atoms with Gasteiger partial charge in [0.05, 0.1) is 5.25 Å². The SMILES string of the molecule is Cc1sc(C2CCCS2)nc1C(=O)O. The molecule has 1 unspecified atom stereocenters. The minimum Gasteiger partial charge on any atom is -0.476 e. The van der Waals surface area contributed by atoms with Gasteiger partial charge in [0.25, 0.3) is 0 Å². The van der Waals surface area contributed by atoms with Gasteiger partial charge >= 0.3 is 5.97 Å². The maximum Gasteiger partial charge on any atom is 0.355 e. The normalized spacial score (nSPS) is 21.4. The van der Waals surface area contributed by atoms with Crippen LogP contribution in [0.5, 0.6) is 0 Å². The van der Waals surface area contributed by atoms with Crippen LogP contribution in [-0.4, -0.2) is 21.8 Å². The molecule has 0 amide bonds. The largest absolute Gasteiger partial charge is 0.476 e. The van der Waals surface area contributed by atoms with Crippen LogP contribution >= 0.6 is 23.1 Å². The number of nitrogens with zero attached hydrogens (tertiary/aromatic N) is 1. The van der Waals surface area contributed by atoms with Crippen molar-refractivity contribution in [1.29, 1.82) is 0 Å². The predicted molar refractivity (Wildman–Crippen MR) is 58.2 cm³/mol. The Labute approximate surface area is 90.6 Å². The number of carbonyl (C=O) groups is 1. The number of thioether (sulfide) groups is 1. The molecule has 1 aromatic heterocycles. The van der Waals surface area contributed by atoms with Crippen LogP contribution in [0.3, 0.4) is 0 Å². The molecule has 1 saturated heterocycles. The van der Waals surface area contributed by atoms with Crippen LogP contribution in [0.4, 0.5) is 0 Å². The molecule has 1 fully saturated rings. The highest BCUT2D eigenvalue weighted by atomic mass is 32.2. The van der Waals surface area contributed by atoms with Crippen LogP contribution in [0.1, 0.15) is 38.5 Å². The summed E-state index contributed by atoms with van der Waals surface area (Å²) in [6, 6.07) is 0. The van der Waals surface area contributed by atoms with Crippen molar-refractivity contribution < 1.29 is 9.90 Å². The summed E-state index contributed by atoms with van der Waals surface area (Å²) in [4.78, 5) is 15.8. The molecule has 0 saturated carbocycles. The molecule has 0 radical (unpaired) electrons. The summed E-state index contributed by atoms with van der Waals surface area (Å²) in [6.45, 7) is 1.82. The van der Waals surface area contributed by atoms with E-state index in [1.807, 2.05) is 18.7 Å². The van der Waals surface area contributed by atoms with Crippen LogP contribution < -0.4 is 0 Å². The van der Waals surface area contributed by atoms with Crippen LogP contribution in [0.15, 0.2) is 0 Å². The summed E-state index contributed by atoms with van der Waals surface area (Å²) in [5.41, 5.74) is 0.234. The van der Waals surface area contributed by atoms with Crippen molar-refractivity contribution in [3.8, 4) is 0 Å². The van der Waals surface area contributed by atoms with Crippen molar-refractivity contribution in [2.45, 2.75) is 25.0 Å². The van der Waals surface area contributed by atoms with Gasteiger partial charge in [0, 0.05) is 4.88 Å². The van der Waals surface area contributed by atoms with E-state index >= 15 is 0 Å². The highest BCUT2D eigenvalue weighted by Gasteiger charge is 2.23. The zero-order chi connectivity index (χ0) is 10.1. The molecule has 1 atom stereocenters. The first-order chi connectivity index (χ1) is 6.68. The Hall–Kier alpha value is -0.550. The van der Waals surface area contributed by atoms with Crippen LogP contribution in [-0.2, 0) is 0 Å². The van der Waals surface area contributed by atoms with Crippen LogP contribution in [0.2, 0.25) is 0 Å². The van der Waals surface area contributed by atoms with Gasteiger partial charge in [-0.05, 0) is 25.5 Å². The molecule has 14 heavy (non-hydrogen) atoms. The van der Waals surface area contributed by atoms with Gasteiger partial charge in [0.15, 0.2) is 5.69 Å². The summed E-state index contributed by atoms with van der Waals surface area (Å²) in [5.74, 6) is 0.263. The fourth-order valence-electron chi connectivity index (χ4n) is 1.53. The zero-order valence-electron chi connectivity index (χ0n) is 7.82. The number of carboxylic acids is 1. The molecule has 0 spiro atoms. The Balaban J connectivity index is 2.27. The fourth-order valence-corrected chi connectivity index (χ4v) is 3.95. The van der Waals surface area contributed by atoms with Crippen molar-refractivity contribution >= 4 is 29.1 Å². The summed E-state index contributed by atoms with van der Waals surface area (Å²) in [6.07, 6.45) is 2.35. The smallest absolute Gasteiger partial charge is 0.355 e. The number of carboxylic acid groups (broad SMARTS) is 1. The third-order valence-corrected chi connectivity index (χ3v) is 4.84. The Kier molecular flexibility index (Phi) is 2.78. The molecule has 0 bridgehead atoms. The van der Waals surface area contributed by atoms with Crippen LogP contribution in [0.25, 0.3) is 0 Å². The van der Waals surface area contributed by atoms with Gasteiger partial charge in [-0.3, -0.25) is 0 Å². The van der Waals surface area contributed by atoms with Crippen molar-refractivity contribution in [3.05, 3.63) is 15.6 Å². The first kappa shape index (κ1) is 9.98. The second kappa shape index (κ2) is 3.90. The van der Waals surface area contributed by atoms with Gasteiger partial charge in [-0.15, -0.1) is 11.3 Å². The topological polar surface area (TPSA) is 50.2 Å². The quantitative estimate of drug-likeness (QED) is 0.847. The van der Waals surface area contributed by atoms with E-state index in [1.165, 1.54) is 23.5 Å². The zero-order valence-corrected chi connectivity index (χ0v) is 9.45. The van der Waals surface area contributed by atoms with E-state index in [2.05, 4.69) is 4.98 Å². The third kappa shape index (κ3) is 1.79. The van der Waals surface area contributed by atoms with Gasteiger partial charge in [-0.2, -0.15) is 11.8 Å². The van der Waals surface area contributed by atoms with Crippen molar-refractivity contribution in [1.82, 2.24) is 4.98 Å². The summed E-state index contributed by atoms with van der Waals surface area (Å²) >= 11 is 3.41. The number of hydrogen-bond acceptors (Lipinski definition) is 4. The molecule has 0 aliphatic carbocycles. The van der Waals surface area contributed by atoms with E-state index in [1.54, 1.807) is 0 Å². The first-order valence-electron chi connectivity index (χ1n) is 4.50. The van der Waals surface area contributed by atoms with E-state index < -0.39 is 5.97 Å². The van der Waals surface area contributed by atoms with Gasteiger partial charge in [-0.25, -0.2) is 9.78 Å². The molecule has 76 valence electrons. The number of thiazole rings is 1. The summed E-state index contributed by atoms with van der Waals surface area (Å²) in [7, 11) is 0. The minimum absolute atomic E-state index is 0.234. The Morgan fingerprint density at radius 2 is 2.43 bits per heavy atom. The average molecular weight is 229 g/mol. The fraction of sp³-hybridized carbons (Fsp3) is 0.556. The Morgan fingerprint density at radius 3 is 2.93 bits per heavy atom. The second-order valence-electron chi connectivity index (χ2n) is 3.26. The van der Waals surface area contributed by atoms with E-state index in [4.69, 9.17) is 5.11 Å². The van der Waals surface area contributed by atoms with Gasteiger partial charge in [0.2, 0.25) is 0 Å². The highest BCUT2D eigenvalue weighted by Crippen LogP contribution is 2.41. The Morgan fingerprint density at radius 1 is 1.64 bits per heavy atom. The molecule has 1 aliphatic rings. The van der Waals surface area contributed by atoms with Crippen molar-refractivity contribution in [3.63, 3.8) is 0 Å². The van der Waals surface area contributed by atoms with Gasteiger partial charge in [0.1, 0.15) is 5.01 Å². The monoisotopic (exact) mass is 229 g/mol. The number of aromatic carboxylic acids is 1. The number of rotatable bonds is 2. The standard InChI is InChI=1S/C9H11NO2S2/c1-5-7(9(11)12)10-8(14-5)6-3-2-4-13-6/h6H,2-4H2,1H3,(H,11,12). The number of aryl methyl sites for hydroxylation is 1. The lowest BCUT2D eigenvalue weighted by atomic mass is 10.2. The third-order valence-electron chi connectivity index (χ3n) is 2.22. The predicted octanol–water partition coefficient (Wildman–Crippen LogP) is 2.72. The molecule has 5 heteroatoms. The molecular weight excluding hydrogens is 218 g/mol. The van der Waals surface area contributed by atoms with Crippen molar-refractivity contribution in [2.24, 2.45) is 0 Å².